The Hall–Kier alpha value is -3.52. The fourth-order valence-electron chi connectivity index (χ4n) is 4.08. The van der Waals surface area contributed by atoms with E-state index in [4.69, 9.17) is 4.52 Å². The largest absolute Gasteiger partial charge is 0.336 e. The molecular formula is C25H30N6O2. The van der Waals surface area contributed by atoms with Gasteiger partial charge in [-0.3, -0.25) is 14.3 Å². The van der Waals surface area contributed by atoms with Crippen molar-refractivity contribution in [1.29, 1.82) is 0 Å². The molecule has 1 amide bonds. The minimum Gasteiger partial charge on any atom is -0.336 e. The highest BCUT2D eigenvalue weighted by Crippen LogP contribution is 2.29. The van der Waals surface area contributed by atoms with Crippen LogP contribution in [0.15, 0.2) is 60.4 Å². The molecule has 0 fully saturated rings. The van der Waals surface area contributed by atoms with Crippen molar-refractivity contribution in [2.45, 2.75) is 38.8 Å². The third kappa shape index (κ3) is 4.96. The van der Waals surface area contributed by atoms with Gasteiger partial charge in [-0.15, -0.1) is 13.2 Å². The lowest BCUT2D eigenvalue weighted by molar-refractivity contribution is 0.0788. The smallest absolute Gasteiger partial charge is 0.278 e. The van der Waals surface area contributed by atoms with Gasteiger partial charge in [-0.05, 0) is 50.9 Å². The van der Waals surface area contributed by atoms with Gasteiger partial charge in [0.05, 0.1) is 30.0 Å². The number of hydrogen-bond acceptors (Lipinski definition) is 6. The molecule has 8 heteroatoms. The maximum atomic E-state index is 12.8. The maximum absolute atomic E-state index is 12.8. The van der Waals surface area contributed by atoms with Crippen molar-refractivity contribution in [3.8, 4) is 17.3 Å². The topological polar surface area (TPSA) is 80.3 Å². The normalized spacial score (nSPS) is 13.0. The molecule has 0 N–H and O–H groups in total. The predicted molar refractivity (Wildman–Crippen MR) is 127 cm³/mol. The number of amides is 1. The van der Waals surface area contributed by atoms with E-state index in [0.717, 1.165) is 50.2 Å². The summed E-state index contributed by atoms with van der Waals surface area (Å²) in [6, 6.07) is 7.54. The molecule has 3 aromatic rings. The van der Waals surface area contributed by atoms with E-state index >= 15 is 0 Å². The van der Waals surface area contributed by atoms with Crippen LogP contribution in [0.1, 0.15) is 47.6 Å². The van der Waals surface area contributed by atoms with Crippen LogP contribution < -0.4 is 0 Å². The van der Waals surface area contributed by atoms with Gasteiger partial charge in [-0.1, -0.05) is 29.4 Å². The second-order valence-electron chi connectivity index (χ2n) is 8.24. The number of aromatic nitrogens is 4. The van der Waals surface area contributed by atoms with Crippen LogP contribution in [0.5, 0.6) is 0 Å². The molecule has 1 aromatic carbocycles. The maximum Gasteiger partial charge on any atom is 0.278 e. The molecule has 172 valence electrons. The third-order valence-electron chi connectivity index (χ3n) is 5.79. The number of carbonyl (C=O) groups excluding carboxylic acids is 1. The van der Waals surface area contributed by atoms with Crippen molar-refractivity contribution in [1.82, 2.24) is 29.5 Å². The average Bonchev–Trinajstić information content (AvgIpc) is 3.43. The van der Waals surface area contributed by atoms with Crippen molar-refractivity contribution < 1.29 is 9.32 Å². The minimum atomic E-state index is -0.0267. The highest BCUT2D eigenvalue weighted by molar-refractivity contribution is 5.98. The van der Waals surface area contributed by atoms with Gasteiger partial charge >= 0.3 is 0 Å². The van der Waals surface area contributed by atoms with Gasteiger partial charge in [0.1, 0.15) is 6.33 Å². The van der Waals surface area contributed by atoms with Gasteiger partial charge in [-0.2, -0.15) is 4.98 Å². The first-order valence-electron chi connectivity index (χ1n) is 11.3. The number of rotatable bonds is 11. The van der Waals surface area contributed by atoms with Crippen molar-refractivity contribution in [2.75, 3.05) is 20.1 Å². The second kappa shape index (κ2) is 10.4. The second-order valence-corrected chi connectivity index (χ2v) is 8.24. The van der Waals surface area contributed by atoms with E-state index in [2.05, 4.69) is 33.2 Å². The summed E-state index contributed by atoms with van der Waals surface area (Å²) in [6.07, 6.45) is 9.63. The van der Waals surface area contributed by atoms with Gasteiger partial charge in [0.15, 0.2) is 11.5 Å². The molecular weight excluding hydrogens is 416 g/mol. The summed E-state index contributed by atoms with van der Waals surface area (Å²) in [6.45, 7) is 10.5. The van der Waals surface area contributed by atoms with Crippen LogP contribution in [0.2, 0.25) is 0 Å². The van der Waals surface area contributed by atoms with E-state index in [0.29, 0.717) is 36.1 Å². The van der Waals surface area contributed by atoms with Crippen LogP contribution in [0.4, 0.5) is 0 Å². The summed E-state index contributed by atoms with van der Waals surface area (Å²) >= 11 is 0. The Balaban J connectivity index is 1.57. The van der Waals surface area contributed by atoms with Gasteiger partial charge in [0.25, 0.3) is 11.8 Å². The quantitative estimate of drug-likeness (QED) is 0.324. The summed E-state index contributed by atoms with van der Waals surface area (Å²) in [4.78, 5) is 26.1. The molecule has 1 aliphatic rings. The van der Waals surface area contributed by atoms with Crippen LogP contribution >= 0.6 is 0 Å². The predicted octanol–water partition coefficient (Wildman–Crippen LogP) is 4.24. The van der Waals surface area contributed by atoms with Crippen molar-refractivity contribution >= 4 is 5.91 Å². The average molecular weight is 447 g/mol. The van der Waals surface area contributed by atoms with E-state index in [1.54, 1.807) is 18.3 Å². The van der Waals surface area contributed by atoms with Crippen molar-refractivity contribution in [2.24, 2.45) is 0 Å². The number of carbonyl (C=O) groups is 1. The highest BCUT2D eigenvalue weighted by atomic mass is 16.5. The number of allylic oxidation sites excluding steroid dienone is 2. The van der Waals surface area contributed by atoms with E-state index < -0.39 is 0 Å². The van der Waals surface area contributed by atoms with Crippen molar-refractivity contribution in [3.05, 3.63) is 73.0 Å². The number of fused-ring (bicyclic) bond motifs is 3. The molecule has 4 rings (SSSR count). The fraction of sp³-hybridized carbons (Fsp3) is 0.360. The summed E-state index contributed by atoms with van der Waals surface area (Å²) < 4.78 is 7.56. The Bertz CT molecular complexity index is 1120. The Morgan fingerprint density at radius 3 is 2.61 bits per heavy atom. The highest BCUT2D eigenvalue weighted by Gasteiger charge is 2.28. The molecule has 0 unspecified atom stereocenters. The molecule has 0 radical (unpaired) electrons. The first-order chi connectivity index (χ1) is 16.1. The lowest BCUT2D eigenvalue weighted by atomic mass is 10.1. The van der Waals surface area contributed by atoms with Crippen molar-refractivity contribution in [3.63, 3.8) is 0 Å². The molecule has 33 heavy (non-hydrogen) atoms. The number of benzene rings is 1. The summed E-state index contributed by atoms with van der Waals surface area (Å²) in [5.74, 6) is 0.972. The Kier molecular flexibility index (Phi) is 7.14. The van der Waals surface area contributed by atoms with E-state index in [-0.39, 0.29) is 5.91 Å². The number of imidazole rings is 1. The van der Waals surface area contributed by atoms with Crippen LogP contribution in [0.3, 0.4) is 0 Å². The van der Waals surface area contributed by atoms with Crippen LogP contribution in [0.25, 0.3) is 17.3 Å². The van der Waals surface area contributed by atoms with Gasteiger partial charge in [0.2, 0.25) is 0 Å². The summed E-state index contributed by atoms with van der Waals surface area (Å²) in [5.41, 5.74) is 2.90. The van der Waals surface area contributed by atoms with E-state index in [9.17, 15) is 4.79 Å². The zero-order chi connectivity index (χ0) is 23.2. The molecule has 2 aromatic heterocycles. The first-order valence-corrected chi connectivity index (χ1v) is 11.3. The number of hydrogen-bond donors (Lipinski definition) is 0. The number of para-hydroxylation sites is 1. The van der Waals surface area contributed by atoms with Gasteiger partial charge in [0, 0.05) is 7.05 Å². The third-order valence-corrected chi connectivity index (χ3v) is 5.79. The lowest BCUT2D eigenvalue weighted by Crippen LogP contribution is -2.26. The van der Waals surface area contributed by atoms with E-state index in [1.807, 2.05) is 41.0 Å². The summed E-state index contributed by atoms with van der Waals surface area (Å²) in [5, 5.41) is 4.22. The Labute approximate surface area is 194 Å². The first kappa shape index (κ1) is 22.7. The number of nitrogens with zero attached hydrogens (tertiary/aromatic N) is 6. The molecule has 0 saturated carbocycles. The zero-order valence-electron chi connectivity index (χ0n) is 19.1. The molecule has 0 bridgehead atoms. The zero-order valence-corrected chi connectivity index (χ0v) is 19.1. The van der Waals surface area contributed by atoms with E-state index in [1.165, 1.54) is 0 Å². The molecule has 0 atom stereocenters. The molecule has 0 aliphatic carbocycles. The fourth-order valence-corrected chi connectivity index (χ4v) is 4.08. The van der Waals surface area contributed by atoms with Crippen LogP contribution in [-0.4, -0.2) is 55.5 Å². The minimum absolute atomic E-state index is 0.0267. The SMILES string of the molecule is C=CCCCN(CCCC=C)Cc1noc(-c2ncn3c2CN(C)C(=O)c2ccccc2-3)n1. The standard InChI is InChI=1S/C25H30N6O2/c1-4-6-10-14-30(15-11-7-5-2)17-22-27-24(33-28-22)23-21-16-29(3)25(32)19-12-8-9-13-20(19)31(21)18-26-23/h4-5,8-9,12-13,18H,1-2,6-7,10-11,14-17H2,3H3. The van der Waals surface area contributed by atoms with Gasteiger partial charge in [-0.25, -0.2) is 4.98 Å². The molecule has 1 aliphatic heterocycles. The number of unbranched alkanes of at least 4 members (excludes halogenated alkanes) is 2. The van der Waals surface area contributed by atoms with Crippen LogP contribution in [-0.2, 0) is 13.1 Å². The molecule has 0 saturated heterocycles. The molecule has 0 spiro atoms. The monoisotopic (exact) mass is 446 g/mol. The summed E-state index contributed by atoms with van der Waals surface area (Å²) in [7, 11) is 1.79. The van der Waals surface area contributed by atoms with Crippen LogP contribution in [0, 0.1) is 0 Å². The molecule has 3 heterocycles. The lowest BCUT2D eigenvalue weighted by Gasteiger charge is -2.19. The van der Waals surface area contributed by atoms with Gasteiger partial charge < -0.3 is 9.42 Å². The Morgan fingerprint density at radius 1 is 1.15 bits per heavy atom. The molecule has 8 nitrogen and oxygen atoms in total. The Morgan fingerprint density at radius 2 is 1.88 bits per heavy atom.